The Labute approximate surface area is 122 Å². The SMILES string of the molecule is CS[C@H](C)C(=O)Nc1cc(C(=O)N(C)C)ccc1Cl. The number of rotatable bonds is 4. The normalized spacial score (nSPS) is 11.8. The van der Waals surface area contributed by atoms with E-state index in [9.17, 15) is 9.59 Å². The van der Waals surface area contributed by atoms with Crippen LogP contribution in [0.5, 0.6) is 0 Å². The molecule has 1 aromatic carbocycles. The summed E-state index contributed by atoms with van der Waals surface area (Å²) in [6, 6.07) is 4.84. The van der Waals surface area contributed by atoms with Crippen LogP contribution >= 0.6 is 23.4 Å². The molecule has 0 aliphatic carbocycles. The first kappa shape index (κ1) is 15.9. The highest BCUT2D eigenvalue weighted by Crippen LogP contribution is 2.24. The molecule has 0 heterocycles. The number of anilines is 1. The number of carbonyl (C=O) groups excluding carboxylic acids is 2. The summed E-state index contributed by atoms with van der Waals surface area (Å²) < 4.78 is 0. The maximum Gasteiger partial charge on any atom is 0.253 e. The van der Waals surface area contributed by atoms with Crippen LogP contribution in [0.25, 0.3) is 0 Å². The number of amides is 2. The maximum absolute atomic E-state index is 11.8. The molecule has 1 N–H and O–H groups in total. The van der Waals surface area contributed by atoms with Gasteiger partial charge < -0.3 is 10.2 Å². The van der Waals surface area contributed by atoms with E-state index < -0.39 is 0 Å². The third-order valence-corrected chi connectivity index (χ3v) is 3.85. The van der Waals surface area contributed by atoms with Gasteiger partial charge in [0.05, 0.1) is 16.0 Å². The van der Waals surface area contributed by atoms with Crippen molar-refractivity contribution >= 4 is 40.9 Å². The second-order valence-corrected chi connectivity index (χ2v) is 5.85. The van der Waals surface area contributed by atoms with Crippen molar-refractivity contribution in [2.45, 2.75) is 12.2 Å². The lowest BCUT2D eigenvalue weighted by atomic mass is 10.1. The van der Waals surface area contributed by atoms with E-state index in [0.717, 1.165) is 0 Å². The minimum atomic E-state index is -0.177. The molecule has 0 fully saturated rings. The predicted molar refractivity (Wildman–Crippen MR) is 81.1 cm³/mol. The fourth-order valence-electron chi connectivity index (χ4n) is 1.35. The van der Waals surface area contributed by atoms with Crippen LogP contribution in [0.1, 0.15) is 17.3 Å². The van der Waals surface area contributed by atoms with Gasteiger partial charge in [-0.05, 0) is 31.4 Å². The molecular formula is C13H17ClN2O2S. The summed E-state index contributed by atoms with van der Waals surface area (Å²) in [6.45, 7) is 1.81. The summed E-state index contributed by atoms with van der Waals surface area (Å²) in [4.78, 5) is 25.1. The maximum atomic E-state index is 11.8. The highest BCUT2D eigenvalue weighted by Gasteiger charge is 2.15. The van der Waals surface area contributed by atoms with Gasteiger partial charge in [0, 0.05) is 19.7 Å². The summed E-state index contributed by atoms with van der Waals surface area (Å²) in [5.41, 5.74) is 0.946. The number of benzene rings is 1. The monoisotopic (exact) mass is 300 g/mol. The zero-order chi connectivity index (χ0) is 14.6. The van der Waals surface area contributed by atoms with Crippen LogP contribution in [0.15, 0.2) is 18.2 Å². The van der Waals surface area contributed by atoms with E-state index in [1.165, 1.54) is 16.7 Å². The molecular weight excluding hydrogens is 284 g/mol. The van der Waals surface area contributed by atoms with Crippen molar-refractivity contribution < 1.29 is 9.59 Å². The lowest BCUT2D eigenvalue weighted by Crippen LogP contribution is -2.24. The van der Waals surface area contributed by atoms with Gasteiger partial charge in [-0.2, -0.15) is 11.8 Å². The highest BCUT2D eigenvalue weighted by atomic mass is 35.5. The minimum absolute atomic E-state index is 0.134. The number of nitrogens with zero attached hydrogens (tertiary/aromatic N) is 1. The predicted octanol–water partition coefficient (Wildman–Crippen LogP) is 2.73. The Hall–Kier alpha value is -1.20. The number of thioether (sulfide) groups is 1. The van der Waals surface area contributed by atoms with Crippen molar-refractivity contribution in [2.24, 2.45) is 0 Å². The number of carbonyl (C=O) groups is 2. The molecule has 4 nitrogen and oxygen atoms in total. The van der Waals surface area contributed by atoms with Crippen molar-refractivity contribution in [1.29, 1.82) is 0 Å². The quantitative estimate of drug-likeness (QED) is 0.930. The molecule has 0 aliphatic rings. The minimum Gasteiger partial charge on any atom is -0.345 e. The fourth-order valence-corrected chi connectivity index (χ4v) is 1.79. The van der Waals surface area contributed by atoms with Crippen molar-refractivity contribution in [3.63, 3.8) is 0 Å². The van der Waals surface area contributed by atoms with E-state index in [0.29, 0.717) is 16.3 Å². The number of hydrogen-bond acceptors (Lipinski definition) is 3. The molecule has 1 rings (SSSR count). The number of nitrogens with one attached hydrogen (secondary N) is 1. The second-order valence-electron chi connectivity index (χ2n) is 4.26. The van der Waals surface area contributed by atoms with E-state index in [-0.39, 0.29) is 17.1 Å². The third-order valence-electron chi connectivity index (χ3n) is 2.60. The van der Waals surface area contributed by atoms with Crippen molar-refractivity contribution in [1.82, 2.24) is 4.90 Å². The molecule has 1 aromatic rings. The van der Waals surface area contributed by atoms with Crippen molar-refractivity contribution in [2.75, 3.05) is 25.7 Å². The van der Waals surface area contributed by atoms with Crippen LogP contribution in [-0.2, 0) is 4.79 Å². The van der Waals surface area contributed by atoms with Gasteiger partial charge in [0.15, 0.2) is 0 Å². The van der Waals surface area contributed by atoms with Gasteiger partial charge in [-0.15, -0.1) is 0 Å². The molecule has 0 aromatic heterocycles. The fraction of sp³-hybridized carbons (Fsp3) is 0.385. The van der Waals surface area contributed by atoms with Crippen LogP contribution in [0.3, 0.4) is 0 Å². The van der Waals surface area contributed by atoms with Crippen LogP contribution in [0.2, 0.25) is 5.02 Å². The Kier molecular flexibility index (Phi) is 5.69. The van der Waals surface area contributed by atoms with E-state index in [1.54, 1.807) is 32.3 Å². The summed E-state index contributed by atoms with van der Waals surface area (Å²) in [7, 11) is 3.34. The van der Waals surface area contributed by atoms with Crippen LogP contribution < -0.4 is 5.32 Å². The molecule has 2 amide bonds. The van der Waals surface area contributed by atoms with Gasteiger partial charge in [0.2, 0.25) is 5.91 Å². The molecule has 1 atom stereocenters. The van der Waals surface area contributed by atoms with Gasteiger partial charge in [-0.25, -0.2) is 0 Å². The van der Waals surface area contributed by atoms with Gasteiger partial charge in [0.25, 0.3) is 5.91 Å². The Morgan fingerprint density at radius 3 is 2.53 bits per heavy atom. The standard InChI is InChI=1S/C13H17ClN2O2S/c1-8(19-4)12(17)15-11-7-9(5-6-10(11)14)13(18)16(2)3/h5-8H,1-4H3,(H,15,17)/t8-/m1/s1. The van der Waals surface area contributed by atoms with E-state index in [4.69, 9.17) is 11.6 Å². The lowest BCUT2D eigenvalue weighted by Gasteiger charge is -2.14. The Morgan fingerprint density at radius 1 is 1.37 bits per heavy atom. The van der Waals surface area contributed by atoms with Crippen LogP contribution in [-0.4, -0.2) is 42.3 Å². The summed E-state index contributed by atoms with van der Waals surface area (Å²) >= 11 is 7.47. The van der Waals surface area contributed by atoms with Gasteiger partial charge in [-0.3, -0.25) is 9.59 Å². The van der Waals surface area contributed by atoms with Gasteiger partial charge in [0.1, 0.15) is 0 Å². The average Bonchev–Trinajstić information content (AvgIpc) is 2.39. The van der Waals surface area contributed by atoms with E-state index >= 15 is 0 Å². The molecule has 0 saturated heterocycles. The van der Waals surface area contributed by atoms with Gasteiger partial charge in [-0.1, -0.05) is 11.6 Å². The molecule has 6 heteroatoms. The van der Waals surface area contributed by atoms with Crippen LogP contribution in [0, 0.1) is 0 Å². The van der Waals surface area contributed by atoms with Crippen LogP contribution in [0.4, 0.5) is 5.69 Å². The van der Waals surface area contributed by atoms with Gasteiger partial charge >= 0.3 is 0 Å². The number of hydrogen-bond donors (Lipinski definition) is 1. The topological polar surface area (TPSA) is 49.4 Å². The Morgan fingerprint density at radius 2 is 2.00 bits per heavy atom. The third kappa shape index (κ3) is 4.14. The highest BCUT2D eigenvalue weighted by molar-refractivity contribution is 7.99. The molecule has 0 spiro atoms. The second kappa shape index (κ2) is 6.82. The summed E-state index contributed by atoms with van der Waals surface area (Å²) in [5, 5.41) is 2.97. The number of halogens is 1. The summed E-state index contributed by atoms with van der Waals surface area (Å²) in [6.07, 6.45) is 1.86. The van der Waals surface area contributed by atoms with Crippen molar-refractivity contribution in [3.8, 4) is 0 Å². The molecule has 0 unspecified atom stereocenters. The Balaban J connectivity index is 2.98. The van der Waals surface area contributed by atoms with Crippen molar-refractivity contribution in [3.05, 3.63) is 28.8 Å². The zero-order valence-electron chi connectivity index (χ0n) is 11.4. The molecule has 0 radical (unpaired) electrons. The molecule has 19 heavy (non-hydrogen) atoms. The molecule has 0 saturated carbocycles. The van der Waals surface area contributed by atoms with E-state index in [2.05, 4.69) is 5.32 Å². The first-order valence-electron chi connectivity index (χ1n) is 5.71. The molecule has 0 aliphatic heterocycles. The smallest absolute Gasteiger partial charge is 0.253 e. The molecule has 0 bridgehead atoms. The lowest BCUT2D eigenvalue weighted by molar-refractivity contribution is -0.115. The molecule has 104 valence electrons. The first-order chi connectivity index (χ1) is 8.86. The first-order valence-corrected chi connectivity index (χ1v) is 7.38. The largest absolute Gasteiger partial charge is 0.345 e. The van der Waals surface area contributed by atoms with E-state index in [1.807, 2.05) is 13.2 Å². The summed E-state index contributed by atoms with van der Waals surface area (Å²) in [5.74, 6) is -0.270. The Bertz CT molecular complexity index is 492. The zero-order valence-corrected chi connectivity index (χ0v) is 12.9. The average molecular weight is 301 g/mol.